The Morgan fingerprint density at radius 3 is 2.74 bits per heavy atom. The molecule has 3 aromatic rings. The van der Waals surface area contributed by atoms with Crippen LogP contribution in [0.2, 0.25) is 5.02 Å². The van der Waals surface area contributed by atoms with Crippen LogP contribution in [0.5, 0.6) is 0 Å². The molecular weight excluding hydrogens is 384 g/mol. The molecule has 0 aliphatic carbocycles. The summed E-state index contributed by atoms with van der Waals surface area (Å²) in [7, 11) is 0. The summed E-state index contributed by atoms with van der Waals surface area (Å²) in [6, 6.07) is 12.6. The zero-order chi connectivity index (χ0) is 19.4. The number of thioether (sulfide) groups is 1. The van der Waals surface area contributed by atoms with Gasteiger partial charge in [0.2, 0.25) is 5.91 Å². The second kappa shape index (κ2) is 8.37. The van der Waals surface area contributed by atoms with Crippen molar-refractivity contribution in [1.82, 2.24) is 14.8 Å². The van der Waals surface area contributed by atoms with E-state index in [1.165, 1.54) is 18.7 Å². The summed E-state index contributed by atoms with van der Waals surface area (Å²) >= 11 is 7.44. The van der Waals surface area contributed by atoms with E-state index in [2.05, 4.69) is 15.5 Å². The maximum atomic E-state index is 12.3. The van der Waals surface area contributed by atoms with Crippen LogP contribution in [-0.4, -0.2) is 32.2 Å². The van der Waals surface area contributed by atoms with E-state index in [1.54, 1.807) is 35.2 Å². The van der Waals surface area contributed by atoms with Gasteiger partial charge in [-0.2, -0.15) is 0 Å². The van der Waals surface area contributed by atoms with Crippen LogP contribution in [0, 0.1) is 6.92 Å². The van der Waals surface area contributed by atoms with E-state index in [0.29, 0.717) is 21.4 Å². The maximum Gasteiger partial charge on any atom is 0.234 e. The van der Waals surface area contributed by atoms with Gasteiger partial charge in [-0.3, -0.25) is 14.2 Å². The number of aromatic nitrogens is 3. The predicted octanol–water partition coefficient (Wildman–Crippen LogP) is 4.16. The van der Waals surface area contributed by atoms with Crippen LogP contribution >= 0.6 is 23.4 Å². The topological polar surface area (TPSA) is 76.9 Å². The molecule has 6 nitrogen and oxygen atoms in total. The van der Waals surface area contributed by atoms with Crippen molar-refractivity contribution < 1.29 is 9.59 Å². The Bertz CT molecular complexity index is 1000. The van der Waals surface area contributed by atoms with Gasteiger partial charge in [-0.25, -0.2) is 0 Å². The van der Waals surface area contributed by atoms with Crippen molar-refractivity contribution in [2.75, 3.05) is 11.1 Å². The lowest BCUT2D eigenvalue weighted by atomic mass is 10.1. The number of rotatable bonds is 6. The van der Waals surface area contributed by atoms with Crippen LogP contribution in [0.15, 0.2) is 53.9 Å². The number of anilines is 1. The van der Waals surface area contributed by atoms with Crippen LogP contribution in [-0.2, 0) is 4.79 Å². The van der Waals surface area contributed by atoms with Gasteiger partial charge in [-0.15, -0.1) is 10.2 Å². The molecule has 0 bridgehead atoms. The van der Waals surface area contributed by atoms with Crippen molar-refractivity contribution in [3.05, 3.63) is 64.9 Å². The summed E-state index contributed by atoms with van der Waals surface area (Å²) in [6.07, 6.45) is 1.58. The van der Waals surface area contributed by atoms with Crippen molar-refractivity contribution in [2.24, 2.45) is 0 Å². The Kier molecular flexibility index (Phi) is 5.93. The molecule has 0 aliphatic rings. The zero-order valence-corrected chi connectivity index (χ0v) is 16.3. The molecule has 27 heavy (non-hydrogen) atoms. The number of benzene rings is 2. The fraction of sp³-hybridized carbons (Fsp3) is 0.158. The highest BCUT2D eigenvalue weighted by molar-refractivity contribution is 7.99. The molecule has 1 N–H and O–H groups in total. The summed E-state index contributed by atoms with van der Waals surface area (Å²) in [4.78, 5) is 24.0. The number of ketones is 1. The molecule has 8 heteroatoms. The van der Waals surface area contributed by atoms with Gasteiger partial charge in [-0.05, 0) is 43.7 Å². The third-order valence-electron chi connectivity index (χ3n) is 3.86. The van der Waals surface area contributed by atoms with E-state index in [9.17, 15) is 9.59 Å². The molecule has 0 saturated carbocycles. The molecular formula is C19H17ClN4O2S. The molecule has 0 fully saturated rings. The van der Waals surface area contributed by atoms with Crippen LogP contribution in [0.1, 0.15) is 22.8 Å². The van der Waals surface area contributed by atoms with Gasteiger partial charge in [0.1, 0.15) is 6.33 Å². The van der Waals surface area contributed by atoms with Crippen molar-refractivity contribution >= 4 is 40.7 Å². The van der Waals surface area contributed by atoms with E-state index >= 15 is 0 Å². The van der Waals surface area contributed by atoms with Crippen molar-refractivity contribution in [3.63, 3.8) is 0 Å². The van der Waals surface area contributed by atoms with Crippen LogP contribution in [0.4, 0.5) is 5.69 Å². The number of carbonyl (C=O) groups excluding carboxylic acids is 2. The Labute approximate surface area is 165 Å². The number of aryl methyl sites for hydroxylation is 1. The Morgan fingerprint density at radius 2 is 2.00 bits per heavy atom. The molecule has 2 aromatic carbocycles. The number of para-hydroxylation sites is 1. The second-order valence-electron chi connectivity index (χ2n) is 5.86. The molecule has 0 atom stereocenters. The monoisotopic (exact) mass is 400 g/mol. The van der Waals surface area contributed by atoms with Gasteiger partial charge in [0.15, 0.2) is 10.9 Å². The first-order chi connectivity index (χ1) is 13.0. The van der Waals surface area contributed by atoms with E-state index in [1.807, 2.05) is 25.1 Å². The predicted molar refractivity (Wildman–Crippen MR) is 107 cm³/mol. The van der Waals surface area contributed by atoms with E-state index in [-0.39, 0.29) is 17.4 Å². The van der Waals surface area contributed by atoms with Gasteiger partial charge in [0.05, 0.1) is 17.1 Å². The second-order valence-corrected chi connectivity index (χ2v) is 7.21. The first kappa shape index (κ1) is 19.1. The lowest BCUT2D eigenvalue weighted by Crippen LogP contribution is -2.16. The summed E-state index contributed by atoms with van der Waals surface area (Å²) in [5, 5.41) is 12.0. The number of nitrogens with one attached hydrogen (secondary N) is 1. The number of Topliss-reactive ketones (excluding diaryl/α,β-unsaturated/α-hetero) is 1. The largest absolute Gasteiger partial charge is 0.325 e. The minimum atomic E-state index is -0.231. The molecule has 0 spiro atoms. The first-order valence-corrected chi connectivity index (χ1v) is 9.51. The Balaban J connectivity index is 1.69. The highest BCUT2D eigenvalue weighted by Gasteiger charge is 2.13. The number of nitrogens with zero attached hydrogens (tertiary/aromatic N) is 3. The first-order valence-electron chi connectivity index (χ1n) is 8.15. The molecule has 0 aliphatic heterocycles. The molecule has 1 heterocycles. The normalized spacial score (nSPS) is 10.6. The van der Waals surface area contributed by atoms with Gasteiger partial charge >= 0.3 is 0 Å². The third-order valence-corrected chi connectivity index (χ3v) is 5.21. The molecule has 1 aromatic heterocycles. The number of hydrogen-bond acceptors (Lipinski definition) is 5. The SMILES string of the molecule is CC(=O)c1ccccc1NC(=O)CSc1nncn1-c1ccc(C)c(Cl)c1. The molecule has 138 valence electrons. The van der Waals surface area contributed by atoms with E-state index in [4.69, 9.17) is 11.6 Å². The highest BCUT2D eigenvalue weighted by atomic mass is 35.5. The van der Waals surface area contributed by atoms with Crippen LogP contribution in [0.25, 0.3) is 5.69 Å². The average Bonchev–Trinajstić information content (AvgIpc) is 3.11. The lowest BCUT2D eigenvalue weighted by Gasteiger charge is -2.10. The average molecular weight is 401 g/mol. The summed E-state index contributed by atoms with van der Waals surface area (Å²) in [5.41, 5.74) is 2.78. The Morgan fingerprint density at radius 1 is 1.22 bits per heavy atom. The minimum absolute atomic E-state index is 0.102. The fourth-order valence-corrected chi connectivity index (χ4v) is 3.35. The molecule has 0 saturated heterocycles. The molecule has 3 rings (SSSR count). The Hall–Kier alpha value is -2.64. The minimum Gasteiger partial charge on any atom is -0.325 e. The third kappa shape index (κ3) is 4.56. The van der Waals surface area contributed by atoms with Crippen molar-refractivity contribution in [3.8, 4) is 5.69 Å². The van der Waals surface area contributed by atoms with Crippen molar-refractivity contribution in [2.45, 2.75) is 19.0 Å². The molecule has 0 unspecified atom stereocenters. The van der Waals surface area contributed by atoms with Crippen LogP contribution in [0.3, 0.4) is 0 Å². The summed E-state index contributed by atoms with van der Waals surface area (Å²) in [5.74, 6) is -0.204. The van der Waals surface area contributed by atoms with Gasteiger partial charge in [-0.1, -0.05) is 41.6 Å². The van der Waals surface area contributed by atoms with E-state index < -0.39 is 0 Å². The zero-order valence-electron chi connectivity index (χ0n) is 14.8. The number of hydrogen-bond donors (Lipinski definition) is 1. The highest BCUT2D eigenvalue weighted by Crippen LogP contribution is 2.24. The van der Waals surface area contributed by atoms with Crippen molar-refractivity contribution in [1.29, 1.82) is 0 Å². The van der Waals surface area contributed by atoms with E-state index in [0.717, 1.165) is 11.3 Å². The number of carbonyl (C=O) groups is 2. The quantitative estimate of drug-likeness (QED) is 0.496. The van der Waals surface area contributed by atoms with Gasteiger partial charge < -0.3 is 5.32 Å². The number of halogens is 1. The summed E-state index contributed by atoms with van der Waals surface area (Å²) < 4.78 is 1.77. The molecule has 1 amide bonds. The fourth-order valence-electron chi connectivity index (χ4n) is 2.45. The van der Waals surface area contributed by atoms with Crippen LogP contribution < -0.4 is 5.32 Å². The molecule has 0 radical (unpaired) electrons. The number of amides is 1. The lowest BCUT2D eigenvalue weighted by molar-refractivity contribution is -0.113. The van der Waals surface area contributed by atoms with Gasteiger partial charge in [0, 0.05) is 10.6 Å². The summed E-state index contributed by atoms with van der Waals surface area (Å²) in [6.45, 7) is 3.39. The van der Waals surface area contributed by atoms with Gasteiger partial charge in [0.25, 0.3) is 0 Å². The maximum absolute atomic E-state index is 12.3. The smallest absolute Gasteiger partial charge is 0.234 e. The standard InChI is InChI=1S/C19H17ClN4O2S/c1-12-7-8-14(9-16(12)20)24-11-21-23-19(24)27-10-18(26)22-17-6-4-3-5-15(17)13(2)25/h3-9,11H,10H2,1-2H3,(H,22,26).